The number of hydrogen-bond donors (Lipinski definition) is 2. The lowest BCUT2D eigenvalue weighted by molar-refractivity contribution is -0.137. The largest absolute Gasteiger partial charge is 0.416 e. The maximum atomic E-state index is 13.3. The summed E-state index contributed by atoms with van der Waals surface area (Å²) in [5, 5.41) is 5.60. The van der Waals surface area contributed by atoms with Gasteiger partial charge in [-0.1, -0.05) is 42.4 Å². The maximum Gasteiger partial charge on any atom is 0.416 e. The van der Waals surface area contributed by atoms with E-state index in [0.29, 0.717) is 23.7 Å². The molecule has 0 bridgehead atoms. The van der Waals surface area contributed by atoms with Crippen LogP contribution in [-0.2, 0) is 11.9 Å². The summed E-state index contributed by atoms with van der Waals surface area (Å²) in [5.74, 6) is -0.0724. The van der Waals surface area contributed by atoms with Crippen LogP contribution in [-0.4, -0.2) is 23.1 Å². The second-order valence-electron chi connectivity index (χ2n) is 8.24. The Bertz CT molecular complexity index is 1230. The standard InChI is InChI=1S/C25H24F3N3O2S3/c1-34-22-20(14-35-17-9-3-2-4-10-17)30-24(36-22)31-23(33)29-19-12-11-16(25(26,27)28)13-18(19)21(32)15-7-5-6-8-15/h2-4,9-13,15H,5-8,14H2,1H3,(H2,29,30,31,33). The fourth-order valence-electron chi connectivity index (χ4n) is 4.00. The molecule has 1 saturated carbocycles. The quantitative estimate of drug-likeness (QED) is 0.218. The molecule has 0 spiro atoms. The van der Waals surface area contributed by atoms with Crippen LogP contribution in [0.4, 0.5) is 28.8 Å². The van der Waals surface area contributed by atoms with Crippen molar-refractivity contribution in [3.8, 4) is 0 Å². The summed E-state index contributed by atoms with van der Waals surface area (Å²) >= 11 is 4.48. The number of nitrogens with one attached hydrogen (secondary N) is 2. The summed E-state index contributed by atoms with van der Waals surface area (Å²) in [5.41, 5.74) is -0.141. The van der Waals surface area contributed by atoms with Crippen LogP contribution in [0.5, 0.6) is 0 Å². The highest BCUT2D eigenvalue weighted by Crippen LogP contribution is 2.37. The number of halogens is 3. The number of alkyl halides is 3. The zero-order valence-electron chi connectivity index (χ0n) is 19.4. The number of aromatic nitrogens is 1. The van der Waals surface area contributed by atoms with E-state index in [0.717, 1.165) is 45.8 Å². The van der Waals surface area contributed by atoms with E-state index >= 15 is 0 Å². The van der Waals surface area contributed by atoms with Crippen LogP contribution in [0.3, 0.4) is 0 Å². The van der Waals surface area contributed by atoms with Gasteiger partial charge >= 0.3 is 12.2 Å². The van der Waals surface area contributed by atoms with Crippen molar-refractivity contribution in [3.63, 3.8) is 0 Å². The fourth-order valence-corrected chi connectivity index (χ4v) is 6.68. The summed E-state index contributed by atoms with van der Waals surface area (Å²) in [7, 11) is 0. The van der Waals surface area contributed by atoms with E-state index in [9.17, 15) is 22.8 Å². The number of amides is 2. The number of anilines is 2. The van der Waals surface area contributed by atoms with Gasteiger partial charge in [-0.2, -0.15) is 13.2 Å². The Labute approximate surface area is 219 Å². The van der Waals surface area contributed by atoms with Crippen LogP contribution < -0.4 is 10.6 Å². The predicted molar refractivity (Wildman–Crippen MR) is 140 cm³/mol. The molecule has 5 nitrogen and oxygen atoms in total. The van der Waals surface area contributed by atoms with Crippen LogP contribution in [0.15, 0.2) is 57.6 Å². The Morgan fingerprint density at radius 3 is 2.47 bits per heavy atom. The Hall–Kier alpha value is -2.50. The van der Waals surface area contributed by atoms with E-state index in [-0.39, 0.29) is 23.0 Å². The van der Waals surface area contributed by atoms with Gasteiger partial charge in [0, 0.05) is 22.1 Å². The Morgan fingerprint density at radius 2 is 1.81 bits per heavy atom. The number of carbonyl (C=O) groups is 2. The number of nitrogens with zero attached hydrogens (tertiary/aromatic N) is 1. The molecule has 1 heterocycles. The highest BCUT2D eigenvalue weighted by Gasteiger charge is 2.33. The highest BCUT2D eigenvalue weighted by molar-refractivity contribution is 8.01. The highest BCUT2D eigenvalue weighted by atomic mass is 32.2. The lowest BCUT2D eigenvalue weighted by atomic mass is 9.93. The van der Waals surface area contributed by atoms with E-state index in [1.54, 1.807) is 11.8 Å². The summed E-state index contributed by atoms with van der Waals surface area (Å²) in [6.45, 7) is 0. The molecule has 1 fully saturated rings. The van der Waals surface area contributed by atoms with Gasteiger partial charge in [0.15, 0.2) is 10.9 Å². The third kappa shape index (κ3) is 6.63. The molecular weight excluding hydrogens is 527 g/mol. The summed E-state index contributed by atoms with van der Waals surface area (Å²) in [6.07, 6.45) is 0.352. The minimum absolute atomic E-state index is 0.0545. The van der Waals surface area contributed by atoms with Crippen LogP contribution in [0.2, 0.25) is 0 Å². The van der Waals surface area contributed by atoms with E-state index in [1.807, 2.05) is 36.6 Å². The van der Waals surface area contributed by atoms with Crippen LogP contribution in [0, 0.1) is 5.92 Å². The van der Waals surface area contributed by atoms with Crippen LogP contribution in [0.1, 0.15) is 47.3 Å². The number of benzene rings is 2. The van der Waals surface area contributed by atoms with Crippen molar-refractivity contribution in [1.29, 1.82) is 0 Å². The second kappa shape index (κ2) is 11.7. The van der Waals surface area contributed by atoms with Crippen molar-refractivity contribution in [1.82, 2.24) is 4.98 Å². The van der Waals surface area contributed by atoms with Gasteiger partial charge in [0.2, 0.25) is 0 Å². The van der Waals surface area contributed by atoms with Gasteiger partial charge in [-0.3, -0.25) is 10.1 Å². The number of thiazole rings is 1. The van der Waals surface area contributed by atoms with Gasteiger partial charge in [0.1, 0.15) is 0 Å². The third-order valence-electron chi connectivity index (χ3n) is 5.77. The molecular formula is C25H24F3N3O2S3. The zero-order chi connectivity index (χ0) is 25.7. The Kier molecular flexibility index (Phi) is 8.63. The van der Waals surface area contributed by atoms with Crippen molar-refractivity contribution >= 4 is 57.5 Å². The third-order valence-corrected chi connectivity index (χ3v) is 8.96. The van der Waals surface area contributed by atoms with E-state index < -0.39 is 17.8 Å². The average Bonchev–Trinajstić information content (AvgIpc) is 3.52. The maximum absolute atomic E-state index is 13.3. The first-order chi connectivity index (χ1) is 17.2. The molecule has 0 radical (unpaired) electrons. The molecule has 0 unspecified atom stereocenters. The van der Waals surface area contributed by atoms with Gasteiger partial charge in [-0.15, -0.1) is 23.5 Å². The summed E-state index contributed by atoms with van der Waals surface area (Å²) < 4.78 is 40.9. The minimum atomic E-state index is -4.59. The number of hydrogen-bond acceptors (Lipinski definition) is 6. The topological polar surface area (TPSA) is 71.1 Å². The van der Waals surface area contributed by atoms with Gasteiger partial charge in [-0.25, -0.2) is 9.78 Å². The molecule has 2 amide bonds. The zero-order valence-corrected chi connectivity index (χ0v) is 21.8. The first-order valence-corrected chi connectivity index (χ1v) is 14.3. The number of rotatable bonds is 8. The SMILES string of the molecule is CSc1sc(NC(=O)Nc2ccc(C(F)(F)F)cc2C(=O)C2CCCC2)nc1CSc1ccccc1. The monoisotopic (exact) mass is 551 g/mol. The number of ketones is 1. The lowest BCUT2D eigenvalue weighted by Crippen LogP contribution is -2.23. The minimum Gasteiger partial charge on any atom is -0.307 e. The predicted octanol–water partition coefficient (Wildman–Crippen LogP) is 8.19. The molecule has 2 N–H and O–H groups in total. The molecule has 36 heavy (non-hydrogen) atoms. The first-order valence-electron chi connectivity index (χ1n) is 11.3. The molecule has 0 saturated heterocycles. The molecule has 11 heteroatoms. The van der Waals surface area contributed by atoms with E-state index in [4.69, 9.17) is 0 Å². The van der Waals surface area contributed by atoms with Crippen LogP contribution in [0.25, 0.3) is 0 Å². The molecule has 0 aliphatic heterocycles. The van der Waals surface area contributed by atoms with Crippen molar-refractivity contribution in [2.24, 2.45) is 5.92 Å². The summed E-state index contributed by atoms with van der Waals surface area (Å²) in [6, 6.07) is 12.1. The molecule has 1 aliphatic carbocycles. The van der Waals surface area contributed by atoms with Crippen molar-refractivity contribution in [3.05, 3.63) is 65.4 Å². The number of Topliss-reactive ketones (excluding diaryl/α,β-unsaturated/α-hetero) is 1. The normalized spacial score (nSPS) is 14.1. The Balaban J connectivity index is 1.49. The second-order valence-corrected chi connectivity index (χ2v) is 11.4. The summed E-state index contributed by atoms with van der Waals surface area (Å²) in [4.78, 5) is 31.4. The molecule has 190 valence electrons. The van der Waals surface area contributed by atoms with E-state index in [2.05, 4.69) is 15.6 Å². The number of carbonyl (C=O) groups excluding carboxylic acids is 2. The molecule has 0 atom stereocenters. The molecule has 2 aromatic carbocycles. The number of urea groups is 1. The molecule has 4 rings (SSSR count). The van der Waals surface area contributed by atoms with Crippen LogP contribution >= 0.6 is 34.9 Å². The van der Waals surface area contributed by atoms with Gasteiger partial charge in [0.05, 0.1) is 21.2 Å². The Morgan fingerprint density at radius 1 is 1.08 bits per heavy atom. The van der Waals surface area contributed by atoms with Crippen molar-refractivity contribution < 1.29 is 22.8 Å². The lowest BCUT2D eigenvalue weighted by Gasteiger charge is -2.16. The molecule has 1 aliphatic rings. The first kappa shape index (κ1) is 26.6. The van der Waals surface area contributed by atoms with Gasteiger partial charge < -0.3 is 5.32 Å². The smallest absolute Gasteiger partial charge is 0.307 e. The van der Waals surface area contributed by atoms with Gasteiger partial charge in [-0.05, 0) is 49.4 Å². The van der Waals surface area contributed by atoms with Gasteiger partial charge in [0.25, 0.3) is 0 Å². The van der Waals surface area contributed by atoms with E-state index in [1.165, 1.54) is 23.1 Å². The van der Waals surface area contributed by atoms with Crippen molar-refractivity contribution in [2.45, 2.75) is 46.7 Å². The number of thioether (sulfide) groups is 2. The molecule has 3 aromatic rings. The average molecular weight is 552 g/mol. The fraction of sp³-hybridized carbons (Fsp3) is 0.320. The van der Waals surface area contributed by atoms with Crippen molar-refractivity contribution in [2.75, 3.05) is 16.9 Å². The molecule has 1 aromatic heterocycles.